The molecule has 4 heteroatoms. The normalized spacial score (nSPS) is 15.9. The van der Waals surface area contributed by atoms with Crippen LogP contribution in [-0.2, 0) is 0 Å². The molecule has 0 radical (unpaired) electrons. The van der Waals surface area contributed by atoms with Gasteiger partial charge in [-0.25, -0.2) is 4.68 Å². The van der Waals surface area contributed by atoms with Crippen molar-refractivity contribution in [3.8, 4) is 5.69 Å². The first kappa shape index (κ1) is 19.3. The van der Waals surface area contributed by atoms with Gasteiger partial charge in [-0.15, -0.1) is 0 Å². The number of rotatable bonds is 4. The molecule has 0 N–H and O–H groups in total. The maximum Gasteiger partial charge on any atom is 0.0862 e. The number of hydrogen-bond donors (Lipinski definition) is 0. The Morgan fingerprint density at radius 3 is 2.29 bits per heavy atom. The molecule has 0 aliphatic carbocycles. The number of aryl methyl sites for hydroxylation is 3. The van der Waals surface area contributed by atoms with Gasteiger partial charge in [-0.05, 0) is 61.7 Å². The molecule has 5 rings (SSSR count). The van der Waals surface area contributed by atoms with E-state index >= 15 is 0 Å². The fraction of sp³-hybridized carbons (Fsp3) is 0.185. The summed E-state index contributed by atoms with van der Waals surface area (Å²) in [6, 6.07) is 25.6. The first-order valence-corrected chi connectivity index (χ1v) is 10.7. The molecule has 4 aromatic rings. The molecule has 154 valence electrons. The van der Waals surface area contributed by atoms with Crippen molar-refractivity contribution < 1.29 is 0 Å². The van der Waals surface area contributed by atoms with E-state index in [0.29, 0.717) is 0 Å². The van der Waals surface area contributed by atoms with Gasteiger partial charge in [0.25, 0.3) is 0 Å². The van der Waals surface area contributed by atoms with Crippen LogP contribution in [0.15, 0.2) is 90.3 Å². The lowest BCUT2D eigenvalue weighted by atomic mass is 10.00. The van der Waals surface area contributed by atoms with Crippen LogP contribution in [0.25, 0.3) is 5.69 Å². The molecule has 0 fully saturated rings. The van der Waals surface area contributed by atoms with Crippen molar-refractivity contribution in [2.75, 3.05) is 5.01 Å². The molecule has 1 aliphatic rings. The summed E-state index contributed by atoms with van der Waals surface area (Å²) in [4.78, 5) is 0. The van der Waals surface area contributed by atoms with Gasteiger partial charge in [0.15, 0.2) is 0 Å². The van der Waals surface area contributed by atoms with Crippen LogP contribution in [0.5, 0.6) is 0 Å². The highest BCUT2D eigenvalue weighted by atomic mass is 15.5. The van der Waals surface area contributed by atoms with Gasteiger partial charge in [-0.2, -0.15) is 10.2 Å². The van der Waals surface area contributed by atoms with Crippen LogP contribution in [0.1, 0.15) is 40.3 Å². The predicted octanol–water partition coefficient (Wildman–Crippen LogP) is 6.15. The molecular weight excluding hydrogens is 380 g/mol. The maximum atomic E-state index is 5.06. The van der Waals surface area contributed by atoms with Gasteiger partial charge in [-0.3, -0.25) is 5.01 Å². The molecular formula is C27H26N4. The second-order valence-electron chi connectivity index (χ2n) is 8.30. The van der Waals surface area contributed by atoms with Gasteiger partial charge in [0, 0.05) is 18.2 Å². The predicted molar refractivity (Wildman–Crippen MR) is 127 cm³/mol. The fourth-order valence-corrected chi connectivity index (χ4v) is 4.03. The second-order valence-corrected chi connectivity index (χ2v) is 8.30. The third-order valence-electron chi connectivity index (χ3n) is 6.06. The number of nitrogens with zero attached hydrogens (tertiary/aromatic N) is 4. The van der Waals surface area contributed by atoms with E-state index in [-0.39, 0.29) is 6.04 Å². The second kappa shape index (κ2) is 7.88. The van der Waals surface area contributed by atoms with Gasteiger partial charge in [-0.1, -0.05) is 54.1 Å². The molecule has 1 atom stereocenters. The van der Waals surface area contributed by atoms with E-state index in [1.54, 1.807) is 0 Å². The summed E-state index contributed by atoms with van der Waals surface area (Å²) < 4.78 is 1.95. The Kier molecular flexibility index (Phi) is 4.91. The molecule has 31 heavy (non-hydrogen) atoms. The average molecular weight is 407 g/mol. The van der Waals surface area contributed by atoms with E-state index in [4.69, 9.17) is 5.10 Å². The summed E-state index contributed by atoms with van der Waals surface area (Å²) in [7, 11) is 0. The Bertz CT molecular complexity index is 1240. The number of benzene rings is 3. The maximum absolute atomic E-state index is 5.06. The standard InChI is InChI=1S/C27H26N4/c1-19-9-12-24(13-10-19)30-18-23(17-28-30)27-16-26(22-7-5-4-6-8-22)29-31(27)25-14-11-20(2)21(3)15-25/h4-15,17-18,27H,16H2,1-3H3. The molecule has 1 aromatic heterocycles. The van der Waals surface area contributed by atoms with Crippen LogP contribution in [0.4, 0.5) is 5.69 Å². The van der Waals surface area contributed by atoms with Gasteiger partial charge >= 0.3 is 0 Å². The van der Waals surface area contributed by atoms with E-state index in [0.717, 1.165) is 29.1 Å². The SMILES string of the molecule is Cc1ccc(-n2cc(C3CC(c4ccccc4)=NN3c3ccc(C)c(C)c3)cn2)cc1. The van der Waals surface area contributed by atoms with Crippen molar-refractivity contribution in [2.45, 2.75) is 33.2 Å². The van der Waals surface area contributed by atoms with Crippen LogP contribution < -0.4 is 5.01 Å². The Morgan fingerprint density at radius 2 is 1.55 bits per heavy atom. The summed E-state index contributed by atoms with van der Waals surface area (Å²) in [6.07, 6.45) is 4.95. The Morgan fingerprint density at radius 1 is 0.806 bits per heavy atom. The zero-order valence-electron chi connectivity index (χ0n) is 18.2. The summed E-state index contributed by atoms with van der Waals surface area (Å²) in [5.41, 5.74) is 9.42. The fourth-order valence-electron chi connectivity index (χ4n) is 4.03. The smallest absolute Gasteiger partial charge is 0.0862 e. The molecule has 1 aliphatic heterocycles. The van der Waals surface area contributed by atoms with E-state index in [1.165, 1.54) is 22.3 Å². The molecule has 1 unspecified atom stereocenters. The van der Waals surface area contributed by atoms with Crippen LogP contribution in [0.2, 0.25) is 0 Å². The highest BCUT2D eigenvalue weighted by Crippen LogP contribution is 2.37. The Balaban J connectivity index is 1.53. The van der Waals surface area contributed by atoms with Gasteiger partial charge < -0.3 is 0 Å². The minimum Gasteiger partial charge on any atom is -0.257 e. The molecule has 0 amide bonds. The van der Waals surface area contributed by atoms with Crippen molar-refractivity contribution in [3.05, 3.63) is 113 Å². The van der Waals surface area contributed by atoms with E-state index < -0.39 is 0 Å². The summed E-state index contributed by atoms with van der Waals surface area (Å²) in [5, 5.41) is 11.9. The zero-order valence-corrected chi connectivity index (χ0v) is 18.2. The molecule has 0 saturated carbocycles. The van der Waals surface area contributed by atoms with Crippen LogP contribution in [-0.4, -0.2) is 15.5 Å². The third-order valence-corrected chi connectivity index (χ3v) is 6.06. The number of hydrogen-bond acceptors (Lipinski definition) is 3. The number of anilines is 1. The van der Waals surface area contributed by atoms with E-state index in [2.05, 4.69) is 104 Å². The van der Waals surface area contributed by atoms with Crippen LogP contribution >= 0.6 is 0 Å². The lowest BCUT2D eigenvalue weighted by Crippen LogP contribution is -2.18. The lowest BCUT2D eigenvalue weighted by Gasteiger charge is -2.23. The quantitative estimate of drug-likeness (QED) is 0.407. The highest BCUT2D eigenvalue weighted by Gasteiger charge is 2.31. The van der Waals surface area contributed by atoms with Crippen molar-refractivity contribution in [3.63, 3.8) is 0 Å². The summed E-state index contributed by atoms with van der Waals surface area (Å²) in [6.45, 7) is 6.40. The minimum absolute atomic E-state index is 0.108. The molecule has 0 saturated heterocycles. The molecule has 4 nitrogen and oxygen atoms in total. The Labute approximate surface area is 183 Å². The van der Waals surface area contributed by atoms with Crippen LogP contribution in [0.3, 0.4) is 0 Å². The van der Waals surface area contributed by atoms with Crippen molar-refractivity contribution in [1.29, 1.82) is 0 Å². The first-order valence-electron chi connectivity index (χ1n) is 10.7. The molecule has 3 aromatic carbocycles. The summed E-state index contributed by atoms with van der Waals surface area (Å²) >= 11 is 0. The minimum atomic E-state index is 0.108. The monoisotopic (exact) mass is 406 g/mol. The highest BCUT2D eigenvalue weighted by molar-refractivity contribution is 6.03. The number of aromatic nitrogens is 2. The molecule has 0 bridgehead atoms. The molecule has 0 spiro atoms. The average Bonchev–Trinajstić information content (AvgIpc) is 3.44. The van der Waals surface area contributed by atoms with E-state index in [1.807, 2.05) is 16.9 Å². The largest absolute Gasteiger partial charge is 0.257 e. The van der Waals surface area contributed by atoms with Gasteiger partial charge in [0.05, 0.1) is 29.3 Å². The summed E-state index contributed by atoms with van der Waals surface area (Å²) in [5.74, 6) is 0. The van der Waals surface area contributed by atoms with E-state index in [9.17, 15) is 0 Å². The topological polar surface area (TPSA) is 33.4 Å². The van der Waals surface area contributed by atoms with Crippen LogP contribution in [0, 0.1) is 20.8 Å². The van der Waals surface area contributed by atoms with Crippen molar-refractivity contribution >= 4 is 11.4 Å². The Hall–Kier alpha value is -3.66. The third kappa shape index (κ3) is 3.77. The zero-order chi connectivity index (χ0) is 21.4. The number of hydrazone groups is 1. The van der Waals surface area contributed by atoms with Crippen molar-refractivity contribution in [1.82, 2.24) is 9.78 Å². The lowest BCUT2D eigenvalue weighted by molar-refractivity contribution is 0.708. The molecule has 2 heterocycles. The van der Waals surface area contributed by atoms with Gasteiger partial charge in [0.2, 0.25) is 0 Å². The van der Waals surface area contributed by atoms with Gasteiger partial charge in [0.1, 0.15) is 0 Å². The van der Waals surface area contributed by atoms with Crippen molar-refractivity contribution in [2.24, 2.45) is 5.10 Å². The first-order chi connectivity index (χ1) is 15.1.